The number of carboxylic acids is 1. The number of carboxylic acid groups (broad SMARTS) is 1. The fourth-order valence-electron chi connectivity index (χ4n) is 2.41. The van der Waals surface area contributed by atoms with Gasteiger partial charge in [0.05, 0.1) is 30.4 Å². The third-order valence-electron chi connectivity index (χ3n) is 4.33. The van der Waals surface area contributed by atoms with E-state index >= 15 is 0 Å². The molecule has 0 fully saturated rings. The number of hydrogen-bond donors (Lipinski definition) is 1. The van der Waals surface area contributed by atoms with E-state index in [0.29, 0.717) is 23.3 Å². The highest BCUT2D eigenvalue weighted by Crippen LogP contribution is 2.05. The molecule has 0 atom stereocenters. The molecule has 1 N–H and O–H groups in total. The Balaban J connectivity index is 0.000000249. The van der Waals surface area contributed by atoms with Crippen molar-refractivity contribution in [2.24, 2.45) is 0 Å². The molecule has 3 aromatic carbocycles. The number of benzene rings is 3. The molecule has 3 aromatic rings. The number of methoxy groups -OCH3 is 1. The van der Waals surface area contributed by atoms with E-state index in [0.717, 1.165) is 16.7 Å². The van der Waals surface area contributed by atoms with E-state index in [1.54, 1.807) is 55.5 Å². The number of aromatic carboxylic acids is 1. The average Bonchev–Trinajstić information content (AvgIpc) is 2.81. The molecule has 0 heterocycles. The fourth-order valence-corrected chi connectivity index (χ4v) is 2.41. The van der Waals surface area contributed by atoms with E-state index < -0.39 is 5.97 Å². The summed E-state index contributed by atoms with van der Waals surface area (Å²) in [7, 11) is 1.38. The van der Waals surface area contributed by atoms with Crippen molar-refractivity contribution in [1.82, 2.24) is 0 Å². The lowest BCUT2D eigenvalue weighted by Crippen LogP contribution is -2.03. The molecular weight excluding hydrogens is 420 g/mol. The van der Waals surface area contributed by atoms with Gasteiger partial charge in [0, 0.05) is 0 Å². The molecule has 0 aliphatic carbocycles. The Morgan fingerprint density at radius 2 is 0.970 bits per heavy atom. The molecule has 0 bridgehead atoms. The predicted octanol–water partition coefficient (Wildman–Crippen LogP) is 5.65. The minimum atomic E-state index is -0.875. The van der Waals surface area contributed by atoms with Crippen LogP contribution in [0.4, 0.5) is 0 Å². The Morgan fingerprint density at radius 3 is 1.27 bits per heavy atom. The van der Waals surface area contributed by atoms with E-state index in [-0.39, 0.29) is 11.9 Å². The minimum Gasteiger partial charge on any atom is -0.478 e. The van der Waals surface area contributed by atoms with Gasteiger partial charge in [0.2, 0.25) is 0 Å². The van der Waals surface area contributed by atoms with E-state index in [4.69, 9.17) is 9.84 Å². The summed E-state index contributed by atoms with van der Waals surface area (Å²) >= 11 is 0. The van der Waals surface area contributed by atoms with Gasteiger partial charge in [-0.05, 0) is 64.1 Å². The first-order chi connectivity index (χ1) is 15.7. The van der Waals surface area contributed by atoms with Crippen molar-refractivity contribution >= 4 is 17.9 Å². The number of hydrogen-bond acceptors (Lipinski definition) is 5. The summed E-state index contributed by atoms with van der Waals surface area (Å²) in [5, 5.41) is 8.48. The maximum Gasteiger partial charge on any atom is 0.338 e. The summed E-state index contributed by atoms with van der Waals surface area (Å²) in [5.74, 6) is -1.41. The molecule has 0 radical (unpaired) electrons. The van der Waals surface area contributed by atoms with Gasteiger partial charge >= 0.3 is 17.9 Å². The number of rotatable bonds is 4. The second-order valence-electron chi connectivity index (χ2n) is 7.12. The molecule has 0 saturated heterocycles. The lowest BCUT2D eigenvalue weighted by molar-refractivity contribution is 0.0525. The monoisotopic (exact) mass is 450 g/mol. The molecule has 174 valence electrons. The van der Waals surface area contributed by atoms with Crippen LogP contribution < -0.4 is 0 Å². The SMILES string of the molecule is CCOC(=O)c1ccc(C)cc1.COC(=O)c1ccc(C)cc1.Cc1ccc(C(=O)O)cc1. The number of carbonyl (C=O) groups is 3. The van der Waals surface area contributed by atoms with Crippen LogP contribution in [0.3, 0.4) is 0 Å². The van der Waals surface area contributed by atoms with Crippen LogP contribution >= 0.6 is 0 Å². The number of ether oxygens (including phenoxy) is 2. The second-order valence-corrected chi connectivity index (χ2v) is 7.12. The molecule has 0 unspecified atom stereocenters. The van der Waals surface area contributed by atoms with Gasteiger partial charge in [0.25, 0.3) is 0 Å². The summed E-state index contributed by atoms with van der Waals surface area (Å²) in [4.78, 5) is 32.3. The van der Waals surface area contributed by atoms with E-state index in [2.05, 4.69) is 4.74 Å². The quantitative estimate of drug-likeness (QED) is 0.517. The maximum atomic E-state index is 11.1. The maximum absolute atomic E-state index is 11.1. The van der Waals surface area contributed by atoms with Crippen molar-refractivity contribution in [1.29, 1.82) is 0 Å². The minimum absolute atomic E-state index is 0.252. The zero-order valence-corrected chi connectivity index (χ0v) is 19.6. The van der Waals surface area contributed by atoms with Crippen molar-refractivity contribution in [3.8, 4) is 0 Å². The van der Waals surface area contributed by atoms with Crippen LogP contribution in [0.15, 0.2) is 72.8 Å². The highest BCUT2D eigenvalue weighted by atomic mass is 16.5. The molecule has 6 heteroatoms. The van der Waals surface area contributed by atoms with E-state index in [1.807, 2.05) is 45.0 Å². The largest absolute Gasteiger partial charge is 0.478 e. The summed E-state index contributed by atoms with van der Waals surface area (Å²) in [5.41, 5.74) is 4.90. The number of esters is 2. The predicted molar refractivity (Wildman–Crippen MR) is 128 cm³/mol. The molecular formula is C27H30O6. The Morgan fingerprint density at radius 1 is 0.636 bits per heavy atom. The normalized spacial score (nSPS) is 9.36. The van der Waals surface area contributed by atoms with Crippen LogP contribution in [-0.2, 0) is 9.47 Å². The van der Waals surface area contributed by atoms with Gasteiger partial charge in [0.1, 0.15) is 0 Å². The standard InChI is InChI=1S/C10H12O2.C9H10O2.C8H8O2/c1-3-12-10(11)9-6-4-8(2)5-7-9;1-7-3-5-8(6-4-7)9(10)11-2;1-6-2-4-7(5-3-6)8(9)10/h4-7H,3H2,1-2H3;3-6H,1-2H3;2-5H,1H3,(H,9,10). The summed E-state index contributed by atoms with van der Waals surface area (Å²) in [6, 6.07) is 21.3. The zero-order valence-electron chi connectivity index (χ0n) is 19.6. The van der Waals surface area contributed by atoms with Crippen molar-refractivity contribution in [2.45, 2.75) is 27.7 Å². The molecule has 0 spiro atoms. The second kappa shape index (κ2) is 14.2. The molecule has 3 rings (SSSR count). The highest BCUT2D eigenvalue weighted by molar-refractivity contribution is 5.89. The molecule has 0 aliphatic rings. The van der Waals surface area contributed by atoms with Gasteiger partial charge in [-0.1, -0.05) is 53.1 Å². The first-order valence-electron chi connectivity index (χ1n) is 10.4. The van der Waals surface area contributed by atoms with E-state index in [9.17, 15) is 14.4 Å². The first kappa shape index (κ1) is 27.1. The third kappa shape index (κ3) is 10.3. The van der Waals surface area contributed by atoms with Gasteiger partial charge in [-0.15, -0.1) is 0 Å². The fraction of sp³-hybridized carbons (Fsp3) is 0.222. The van der Waals surface area contributed by atoms with Gasteiger partial charge in [-0.2, -0.15) is 0 Å². The summed E-state index contributed by atoms with van der Waals surface area (Å²) in [6.45, 7) is 8.10. The van der Waals surface area contributed by atoms with Crippen molar-refractivity contribution in [3.63, 3.8) is 0 Å². The first-order valence-corrected chi connectivity index (χ1v) is 10.4. The highest BCUT2D eigenvalue weighted by Gasteiger charge is 2.04. The van der Waals surface area contributed by atoms with Crippen LogP contribution in [0.25, 0.3) is 0 Å². The Bertz CT molecular complexity index is 1020. The average molecular weight is 451 g/mol. The third-order valence-corrected chi connectivity index (χ3v) is 4.33. The van der Waals surface area contributed by atoms with Gasteiger partial charge in [-0.3, -0.25) is 0 Å². The summed E-state index contributed by atoms with van der Waals surface area (Å²) < 4.78 is 9.37. The number of carbonyl (C=O) groups excluding carboxylic acids is 2. The smallest absolute Gasteiger partial charge is 0.338 e. The summed E-state index contributed by atoms with van der Waals surface area (Å²) in [6.07, 6.45) is 0. The topological polar surface area (TPSA) is 89.9 Å². The molecule has 0 aromatic heterocycles. The molecule has 0 aliphatic heterocycles. The van der Waals surface area contributed by atoms with Crippen LogP contribution in [0, 0.1) is 20.8 Å². The van der Waals surface area contributed by atoms with Crippen molar-refractivity contribution < 1.29 is 29.0 Å². The lowest BCUT2D eigenvalue weighted by atomic mass is 10.1. The van der Waals surface area contributed by atoms with E-state index in [1.165, 1.54) is 7.11 Å². The van der Waals surface area contributed by atoms with Gasteiger partial charge in [0.15, 0.2) is 0 Å². The zero-order chi connectivity index (χ0) is 24.8. The lowest BCUT2D eigenvalue weighted by Gasteiger charge is -2.00. The van der Waals surface area contributed by atoms with Crippen LogP contribution in [-0.4, -0.2) is 36.7 Å². The molecule has 0 amide bonds. The van der Waals surface area contributed by atoms with Gasteiger partial charge in [-0.25, -0.2) is 14.4 Å². The Labute approximate surface area is 194 Å². The van der Waals surface area contributed by atoms with Crippen LogP contribution in [0.5, 0.6) is 0 Å². The molecule has 33 heavy (non-hydrogen) atoms. The van der Waals surface area contributed by atoms with Crippen molar-refractivity contribution in [2.75, 3.05) is 13.7 Å². The van der Waals surface area contributed by atoms with Gasteiger partial charge < -0.3 is 14.6 Å². The van der Waals surface area contributed by atoms with Crippen LogP contribution in [0.1, 0.15) is 54.7 Å². The Hall–Kier alpha value is -3.93. The Kier molecular flexibility index (Phi) is 11.7. The van der Waals surface area contributed by atoms with Crippen LogP contribution in [0.2, 0.25) is 0 Å². The number of aryl methyl sites for hydroxylation is 3. The molecule has 6 nitrogen and oxygen atoms in total. The molecule has 0 saturated carbocycles. The van der Waals surface area contributed by atoms with Crippen molar-refractivity contribution in [3.05, 3.63) is 106 Å².